The summed E-state index contributed by atoms with van der Waals surface area (Å²) in [5.74, 6) is 0.358. The fourth-order valence-electron chi connectivity index (χ4n) is 2.97. The predicted molar refractivity (Wildman–Crippen MR) is 114 cm³/mol. The molecular formula is C20H17BrN6. The van der Waals surface area contributed by atoms with Gasteiger partial charge in [-0.2, -0.15) is 10.1 Å². The highest BCUT2D eigenvalue weighted by Gasteiger charge is 2.13. The third-order valence-electron chi connectivity index (χ3n) is 4.15. The highest BCUT2D eigenvalue weighted by atomic mass is 79.9. The molecule has 1 N–H and O–H groups in total. The predicted octanol–water partition coefficient (Wildman–Crippen LogP) is 4.83. The van der Waals surface area contributed by atoms with E-state index in [0.29, 0.717) is 5.95 Å². The van der Waals surface area contributed by atoms with Gasteiger partial charge in [-0.05, 0) is 40.6 Å². The summed E-state index contributed by atoms with van der Waals surface area (Å²) in [7, 11) is 0. The molecule has 0 spiro atoms. The Morgan fingerprint density at radius 1 is 1.11 bits per heavy atom. The summed E-state index contributed by atoms with van der Waals surface area (Å²) in [4.78, 5) is 4.59. The lowest BCUT2D eigenvalue weighted by Crippen LogP contribution is -2.02. The minimum atomic E-state index is 0.358. The van der Waals surface area contributed by atoms with Crippen LogP contribution in [0.3, 0.4) is 0 Å². The molecule has 4 rings (SSSR count). The van der Waals surface area contributed by atoms with Crippen molar-refractivity contribution in [1.82, 2.24) is 19.7 Å². The van der Waals surface area contributed by atoms with Crippen LogP contribution in [-0.4, -0.2) is 26.0 Å². The number of para-hydroxylation sites is 1. The Labute approximate surface area is 164 Å². The van der Waals surface area contributed by atoms with Crippen LogP contribution in [0.2, 0.25) is 0 Å². The van der Waals surface area contributed by atoms with Crippen LogP contribution in [0, 0.1) is 0 Å². The number of nitrogens with one attached hydrogen (secondary N) is 1. The summed E-state index contributed by atoms with van der Waals surface area (Å²) in [6.07, 6.45) is 3.64. The molecule has 0 bridgehead atoms. The van der Waals surface area contributed by atoms with Gasteiger partial charge < -0.3 is 4.57 Å². The maximum absolute atomic E-state index is 4.59. The minimum absolute atomic E-state index is 0.358. The van der Waals surface area contributed by atoms with Gasteiger partial charge in [0.15, 0.2) is 5.65 Å². The summed E-state index contributed by atoms with van der Waals surface area (Å²) in [6.45, 7) is 2.89. The monoisotopic (exact) mass is 420 g/mol. The number of allylic oxidation sites excluding steroid dienone is 1. The second kappa shape index (κ2) is 7.67. The fourth-order valence-corrected chi connectivity index (χ4v) is 3.34. The molecule has 4 aromatic rings. The lowest BCUT2D eigenvalue weighted by atomic mass is 10.2. The van der Waals surface area contributed by atoms with Crippen LogP contribution >= 0.6 is 15.9 Å². The van der Waals surface area contributed by atoms with Gasteiger partial charge in [-0.3, -0.25) is 0 Å². The quantitative estimate of drug-likeness (QED) is 0.370. The van der Waals surface area contributed by atoms with Crippen molar-refractivity contribution in [3.05, 3.63) is 64.6 Å². The molecule has 6 nitrogen and oxygen atoms in total. The molecule has 134 valence electrons. The second-order valence-electron chi connectivity index (χ2n) is 5.88. The van der Waals surface area contributed by atoms with Crippen molar-refractivity contribution in [3.8, 4) is 0 Å². The van der Waals surface area contributed by atoms with E-state index in [1.807, 2.05) is 54.6 Å². The van der Waals surface area contributed by atoms with Gasteiger partial charge in [0.1, 0.15) is 5.52 Å². The van der Waals surface area contributed by atoms with Crippen LogP contribution in [0.1, 0.15) is 12.5 Å². The van der Waals surface area contributed by atoms with E-state index in [2.05, 4.69) is 59.2 Å². The van der Waals surface area contributed by atoms with E-state index in [4.69, 9.17) is 0 Å². The van der Waals surface area contributed by atoms with Crippen LogP contribution < -0.4 is 5.43 Å². The van der Waals surface area contributed by atoms with E-state index in [0.717, 1.165) is 38.7 Å². The van der Waals surface area contributed by atoms with Crippen molar-refractivity contribution in [2.75, 3.05) is 5.43 Å². The molecule has 0 unspecified atom stereocenters. The Hall–Kier alpha value is -3.06. The first-order chi connectivity index (χ1) is 13.3. The van der Waals surface area contributed by atoms with Gasteiger partial charge in [0.25, 0.3) is 5.95 Å². The van der Waals surface area contributed by atoms with Crippen LogP contribution in [0.15, 0.2) is 64.2 Å². The first kappa shape index (κ1) is 17.4. The molecule has 2 aromatic heterocycles. The van der Waals surface area contributed by atoms with Gasteiger partial charge in [0.05, 0.1) is 11.7 Å². The molecule has 0 amide bonds. The Morgan fingerprint density at radius 3 is 2.70 bits per heavy atom. The standard InChI is InChI=1S/C20H17BrN6/c1-2-27-17-11-7-6-10-16(17)18-19(27)23-20(26-24-18)25-22-13-15(21)12-14-8-4-3-5-9-14/h3-13H,2H2,1H3,(H,23,25,26). The number of rotatable bonds is 5. The second-order valence-corrected chi connectivity index (χ2v) is 6.79. The van der Waals surface area contributed by atoms with Gasteiger partial charge in [-0.25, -0.2) is 5.43 Å². The van der Waals surface area contributed by atoms with Crippen molar-refractivity contribution in [3.63, 3.8) is 0 Å². The molecule has 2 aromatic carbocycles. The number of hydrogen-bond acceptors (Lipinski definition) is 5. The zero-order chi connectivity index (χ0) is 18.6. The van der Waals surface area contributed by atoms with Crippen molar-refractivity contribution in [2.45, 2.75) is 13.5 Å². The van der Waals surface area contributed by atoms with Crippen molar-refractivity contribution >= 4 is 56.2 Å². The zero-order valence-corrected chi connectivity index (χ0v) is 16.3. The zero-order valence-electron chi connectivity index (χ0n) is 14.7. The first-order valence-electron chi connectivity index (χ1n) is 8.59. The number of fused-ring (bicyclic) bond motifs is 3. The topological polar surface area (TPSA) is 68.0 Å². The van der Waals surface area contributed by atoms with E-state index in [9.17, 15) is 0 Å². The number of anilines is 1. The molecule has 0 fully saturated rings. The molecule has 0 aliphatic carbocycles. The Morgan fingerprint density at radius 2 is 1.89 bits per heavy atom. The Bertz CT molecular complexity index is 1150. The molecule has 0 atom stereocenters. The van der Waals surface area contributed by atoms with E-state index in [1.54, 1.807) is 6.21 Å². The molecule has 27 heavy (non-hydrogen) atoms. The highest BCUT2D eigenvalue weighted by Crippen LogP contribution is 2.26. The average Bonchev–Trinajstić information content (AvgIpc) is 3.01. The number of aromatic nitrogens is 4. The number of halogens is 1. The lowest BCUT2D eigenvalue weighted by Gasteiger charge is -2.02. The highest BCUT2D eigenvalue weighted by molar-refractivity contribution is 9.12. The Balaban J connectivity index is 1.59. The summed E-state index contributed by atoms with van der Waals surface area (Å²) in [5, 5.41) is 13.7. The summed E-state index contributed by atoms with van der Waals surface area (Å²) in [5.41, 5.74) is 6.63. The van der Waals surface area contributed by atoms with E-state index in [1.165, 1.54) is 0 Å². The molecule has 0 aliphatic heterocycles. The molecule has 2 heterocycles. The smallest absolute Gasteiger partial charge is 0.265 e. The fraction of sp³-hybridized carbons (Fsp3) is 0.100. The molecule has 0 saturated heterocycles. The molecule has 7 heteroatoms. The third kappa shape index (κ3) is 3.59. The average molecular weight is 421 g/mol. The SMILES string of the molecule is CCn1c2ccccc2c2nnc(NN=CC(Br)=Cc3ccccc3)nc21. The van der Waals surface area contributed by atoms with Crippen LogP contribution in [-0.2, 0) is 6.54 Å². The van der Waals surface area contributed by atoms with Gasteiger partial charge in [-0.1, -0.05) is 48.5 Å². The number of benzene rings is 2. The van der Waals surface area contributed by atoms with Crippen molar-refractivity contribution in [2.24, 2.45) is 5.10 Å². The van der Waals surface area contributed by atoms with Crippen LogP contribution in [0.5, 0.6) is 0 Å². The summed E-state index contributed by atoms with van der Waals surface area (Å²) < 4.78 is 2.96. The van der Waals surface area contributed by atoms with Gasteiger partial charge in [-0.15, -0.1) is 10.2 Å². The van der Waals surface area contributed by atoms with Crippen molar-refractivity contribution < 1.29 is 0 Å². The number of hydrogen-bond donors (Lipinski definition) is 1. The number of aryl methyl sites for hydroxylation is 1. The van der Waals surface area contributed by atoms with Crippen LogP contribution in [0.25, 0.3) is 28.1 Å². The third-order valence-corrected chi connectivity index (χ3v) is 4.58. The normalized spacial score (nSPS) is 12.3. The van der Waals surface area contributed by atoms with Crippen LogP contribution in [0.4, 0.5) is 5.95 Å². The summed E-state index contributed by atoms with van der Waals surface area (Å²) in [6, 6.07) is 18.1. The van der Waals surface area contributed by atoms with E-state index in [-0.39, 0.29) is 0 Å². The van der Waals surface area contributed by atoms with Gasteiger partial charge in [0, 0.05) is 16.4 Å². The Kier molecular flexibility index (Phi) is 4.93. The first-order valence-corrected chi connectivity index (χ1v) is 9.38. The molecule has 0 radical (unpaired) electrons. The summed E-state index contributed by atoms with van der Waals surface area (Å²) >= 11 is 3.49. The lowest BCUT2D eigenvalue weighted by molar-refractivity contribution is 0.811. The van der Waals surface area contributed by atoms with E-state index < -0.39 is 0 Å². The number of nitrogens with zero attached hydrogens (tertiary/aromatic N) is 5. The number of hydrazone groups is 1. The largest absolute Gasteiger partial charge is 0.324 e. The minimum Gasteiger partial charge on any atom is -0.324 e. The van der Waals surface area contributed by atoms with Gasteiger partial charge >= 0.3 is 0 Å². The van der Waals surface area contributed by atoms with Crippen molar-refractivity contribution in [1.29, 1.82) is 0 Å². The molecule has 0 aliphatic rings. The molecular weight excluding hydrogens is 404 g/mol. The maximum atomic E-state index is 4.59. The molecule has 0 saturated carbocycles. The van der Waals surface area contributed by atoms with Gasteiger partial charge in [0.2, 0.25) is 0 Å². The van der Waals surface area contributed by atoms with E-state index >= 15 is 0 Å². The maximum Gasteiger partial charge on any atom is 0.265 e.